The molecule has 1 aliphatic heterocycles. The van der Waals surface area contributed by atoms with E-state index >= 15 is 0 Å². The van der Waals surface area contributed by atoms with Crippen LogP contribution in [0.4, 0.5) is 0 Å². The monoisotopic (exact) mass is 440 g/mol. The van der Waals surface area contributed by atoms with Gasteiger partial charge in [0.2, 0.25) is 5.88 Å². The number of allylic oxidation sites excluding steroid dienone is 1. The summed E-state index contributed by atoms with van der Waals surface area (Å²) in [7, 11) is 0. The Balaban J connectivity index is 1.56. The minimum Gasteiger partial charge on any atom is -0.482 e. The fourth-order valence-corrected chi connectivity index (χ4v) is 3.74. The molecule has 0 spiro atoms. The van der Waals surface area contributed by atoms with E-state index in [-0.39, 0.29) is 18.4 Å². The molecule has 1 atom stereocenters. The van der Waals surface area contributed by atoms with E-state index in [1.165, 1.54) is 5.56 Å². The van der Waals surface area contributed by atoms with Crippen LogP contribution < -0.4 is 19.9 Å². The van der Waals surface area contributed by atoms with Crippen LogP contribution in [0.2, 0.25) is 0 Å². The summed E-state index contributed by atoms with van der Waals surface area (Å²) in [5.74, 6) is 0.856. The first-order valence-corrected chi connectivity index (χ1v) is 10.7. The van der Waals surface area contributed by atoms with E-state index in [1.54, 1.807) is 30.3 Å². The van der Waals surface area contributed by atoms with E-state index in [9.17, 15) is 10.1 Å². The number of benzene rings is 3. The average Bonchev–Trinajstić information content (AvgIpc) is 2.82. The zero-order chi connectivity index (χ0) is 23.4. The summed E-state index contributed by atoms with van der Waals surface area (Å²) in [6, 6.07) is 24.4. The maximum Gasteiger partial charge on any atom is 0.349 e. The van der Waals surface area contributed by atoms with Gasteiger partial charge < -0.3 is 19.9 Å². The van der Waals surface area contributed by atoms with Crippen LogP contribution in [-0.4, -0.2) is 12.6 Å². The number of ether oxygens (including phenoxy) is 3. The van der Waals surface area contributed by atoms with Gasteiger partial charge in [0.25, 0.3) is 0 Å². The normalized spacial score (nSPS) is 14.8. The van der Waals surface area contributed by atoms with E-state index in [1.807, 2.05) is 30.3 Å². The number of rotatable bonds is 6. The lowest BCUT2D eigenvalue weighted by molar-refractivity contribution is -0.136. The molecule has 3 aromatic carbocycles. The molecular formula is C27H24N2O4. The Labute approximate surface area is 192 Å². The van der Waals surface area contributed by atoms with Crippen molar-refractivity contribution < 1.29 is 19.0 Å². The summed E-state index contributed by atoms with van der Waals surface area (Å²) in [4.78, 5) is 12.2. The number of nitrogens with zero attached hydrogens (tertiary/aromatic N) is 1. The van der Waals surface area contributed by atoms with Crippen LogP contribution in [0.25, 0.3) is 0 Å². The molecule has 1 heterocycles. The van der Waals surface area contributed by atoms with Crippen molar-refractivity contribution in [3.05, 3.63) is 101 Å². The van der Waals surface area contributed by atoms with Crippen LogP contribution in [0.3, 0.4) is 0 Å². The third-order valence-electron chi connectivity index (χ3n) is 5.46. The smallest absolute Gasteiger partial charge is 0.349 e. The van der Waals surface area contributed by atoms with Crippen LogP contribution in [-0.2, 0) is 4.79 Å². The maximum absolute atomic E-state index is 12.2. The molecule has 1 aliphatic rings. The van der Waals surface area contributed by atoms with Gasteiger partial charge >= 0.3 is 5.97 Å². The van der Waals surface area contributed by atoms with Crippen molar-refractivity contribution >= 4 is 5.97 Å². The van der Waals surface area contributed by atoms with Crippen molar-refractivity contribution in [3.8, 4) is 23.3 Å². The van der Waals surface area contributed by atoms with Crippen molar-refractivity contribution in [2.75, 3.05) is 6.61 Å². The van der Waals surface area contributed by atoms with E-state index in [4.69, 9.17) is 19.9 Å². The van der Waals surface area contributed by atoms with E-state index in [2.05, 4.69) is 32.0 Å². The molecule has 0 aliphatic carbocycles. The van der Waals surface area contributed by atoms with Gasteiger partial charge in [0.05, 0.1) is 5.92 Å². The Bertz CT molecular complexity index is 1230. The predicted molar refractivity (Wildman–Crippen MR) is 124 cm³/mol. The summed E-state index contributed by atoms with van der Waals surface area (Å²) < 4.78 is 16.6. The summed E-state index contributed by atoms with van der Waals surface area (Å²) in [6.07, 6.45) is 0. The Hall–Kier alpha value is -4.24. The lowest BCUT2D eigenvalue weighted by Crippen LogP contribution is -2.21. The molecule has 0 saturated heterocycles. The second kappa shape index (κ2) is 9.49. The molecule has 4 rings (SSSR count). The second-order valence-corrected chi connectivity index (χ2v) is 8.02. The molecule has 0 saturated carbocycles. The van der Waals surface area contributed by atoms with Crippen molar-refractivity contribution in [3.63, 3.8) is 0 Å². The molecule has 2 N–H and O–H groups in total. The molecule has 0 radical (unpaired) electrons. The molecule has 1 unspecified atom stereocenters. The van der Waals surface area contributed by atoms with Crippen molar-refractivity contribution in [1.29, 1.82) is 5.26 Å². The Morgan fingerprint density at radius 3 is 2.45 bits per heavy atom. The third kappa shape index (κ3) is 4.83. The summed E-state index contributed by atoms with van der Waals surface area (Å²) in [5, 5.41) is 9.74. The third-order valence-corrected chi connectivity index (χ3v) is 5.46. The highest BCUT2D eigenvalue weighted by Gasteiger charge is 2.31. The number of nitrogens with two attached hydrogens (primary N) is 1. The zero-order valence-electron chi connectivity index (χ0n) is 18.4. The highest BCUT2D eigenvalue weighted by molar-refractivity contribution is 5.74. The molecule has 6 heteroatoms. The van der Waals surface area contributed by atoms with Gasteiger partial charge in [-0.15, -0.1) is 0 Å². The van der Waals surface area contributed by atoms with Gasteiger partial charge in [0.1, 0.15) is 28.9 Å². The number of para-hydroxylation sites is 1. The summed E-state index contributed by atoms with van der Waals surface area (Å²) in [5.41, 5.74) is 9.35. The van der Waals surface area contributed by atoms with Crippen LogP contribution in [0.5, 0.6) is 17.2 Å². The first kappa shape index (κ1) is 22.0. The number of hydrogen-bond acceptors (Lipinski definition) is 6. The van der Waals surface area contributed by atoms with Crippen LogP contribution in [0.1, 0.15) is 42.4 Å². The number of carbonyl (C=O) groups is 1. The average molecular weight is 440 g/mol. The molecule has 0 fully saturated rings. The Morgan fingerprint density at radius 1 is 1.06 bits per heavy atom. The van der Waals surface area contributed by atoms with E-state index in [0.717, 1.165) is 11.1 Å². The second-order valence-electron chi connectivity index (χ2n) is 8.02. The lowest BCUT2D eigenvalue weighted by Gasteiger charge is -2.27. The fraction of sp³-hybridized carbons (Fsp3) is 0.185. The van der Waals surface area contributed by atoms with Crippen molar-refractivity contribution in [2.45, 2.75) is 25.7 Å². The molecule has 0 bridgehead atoms. The molecular weight excluding hydrogens is 416 g/mol. The number of carbonyl (C=O) groups excluding carboxylic acids is 1. The molecule has 0 amide bonds. The van der Waals surface area contributed by atoms with Gasteiger partial charge in [-0.3, -0.25) is 0 Å². The summed E-state index contributed by atoms with van der Waals surface area (Å²) in [6.45, 7) is 4.03. The topological polar surface area (TPSA) is 94.6 Å². The minimum absolute atomic E-state index is 0.0406. The maximum atomic E-state index is 12.2. The number of hydrogen-bond donors (Lipinski definition) is 1. The Kier molecular flexibility index (Phi) is 6.32. The molecule has 6 nitrogen and oxygen atoms in total. The van der Waals surface area contributed by atoms with Gasteiger partial charge in [0.15, 0.2) is 6.61 Å². The zero-order valence-corrected chi connectivity index (χ0v) is 18.4. The first-order chi connectivity index (χ1) is 16.0. The SMILES string of the molecule is CC(C)c1ccc(C2C(C#N)=C(N)Oc3cc(OC(=O)COc4ccccc4)ccc32)cc1. The molecule has 3 aromatic rings. The standard InChI is InChI=1S/C27H24N2O4/c1-17(2)18-8-10-19(11-9-18)26-22-13-12-21(14-24(22)33-27(29)23(26)15-28)32-25(30)16-31-20-6-4-3-5-7-20/h3-14,17,26H,16,29H2,1-2H3. The summed E-state index contributed by atoms with van der Waals surface area (Å²) >= 11 is 0. The molecule has 0 aromatic heterocycles. The highest BCUT2D eigenvalue weighted by atomic mass is 16.6. The largest absolute Gasteiger partial charge is 0.482 e. The van der Waals surface area contributed by atoms with Gasteiger partial charge in [-0.1, -0.05) is 62.4 Å². The van der Waals surface area contributed by atoms with E-state index < -0.39 is 5.97 Å². The van der Waals surface area contributed by atoms with Gasteiger partial charge in [-0.25, -0.2) is 4.79 Å². The first-order valence-electron chi connectivity index (χ1n) is 10.7. The predicted octanol–water partition coefficient (Wildman–Crippen LogP) is 5.01. The number of nitriles is 1. The highest BCUT2D eigenvalue weighted by Crippen LogP contribution is 2.43. The van der Waals surface area contributed by atoms with Crippen LogP contribution in [0.15, 0.2) is 84.3 Å². The minimum atomic E-state index is -0.545. The van der Waals surface area contributed by atoms with Gasteiger partial charge in [0, 0.05) is 11.6 Å². The number of fused-ring (bicyclic) bond motifs is 1. The number of esters is 1. The molecule has 33 heavy (non-hydrogen) atoms. The Morgan fingerprint density at radius 2 is 1.79 bits per heavy atom. The lowest BCUT2D eigenvalue weighted by atomic mass is 9.83. The van der Waals surface area contributed by atoms with Crippen molar-refractivity contribution in [2.24, 2.45) is 5.73 Å². The molecule has 166 valence electrons. The van der Waals surface area contributed by atoms with E-state index in [0.29, 0.717) is 28.7 Å². The van der Waals surface area contributed by atoms with Gasteiger partial charge in [-0.2, -0.15) is 5.26 Å². The van der Waals surface area contributed by atoms with Crippen molar-refractivity contribution in [1.82, 2.24) is 0 Å². The quantitative estimate of drug-likeness (QED) is 0.428. The fourth-order valence-electron chi connectivity index (χ4n) is 3.74. The van der Waals surface area contributed by atoms with Crippen LogP contribution in [0, 0.1) is 11.3 Å². The van der Waals surface area contributed by atoms with Gasteiger partial charge in [-0.05, 0) is 35.2 Å². The van der Waals surface area contributed by atoms with Crippen LogP contribution >= 0.6 is 0 Å².